The predicted molar refractivity (Wildman–Crippen MR) is 69.3 cm³/mol. The van der Waals surface area contributed by atoms with Crippen molar-refractivity contribution >= 4 is 18.2 Å². The SMILES string of the molecule is C=CCN1C[C@H]2C=NNC23C(=O)N(C)C(=O)N(C)[C@H]13. The zero-order chi connectivity index (χ0) is 13.8. The van der Waals surface area contributed by atoms with Crippen molar-refractivity contribution in [1.82, 2.24) is 20.1 Å². The molecule has 0 aromatic heterocycles. The summed E-state index contributed by atoms with van der Waals surface area (Å²) in [5.74, 6) is -0.238. The maximum Gasteiger partial charge on any atom is 0.327 e. The minimum atomic E-state index is -0.847. The van der Waals surface area contributed by atoms with E-state index in [1.54, 1.807) is 24.2 Å². The van der Waals surface area contributed by atoms with E-state index in [0.29, 0.717) is 13.1 Å². The Kier molecular flexibility index (Phi) is 2.43. The van der Waals surface area contributed by atoms with Gasteiger partial charge in [-0.3, -0.25) is 20.0 Å². The van der Waals surface area contributed by atoms with Crippen LogP contribution in [0.4, 0.5) is 4.79 Å². The van der Waals surface area contributed by atoms with Gasteiger partial charge in [0.15, 0.2) is 5.54 Å². The second kappa shape index (κ2) is 3.80. The lowest BCUT2D eigenvalue weighted by Crippen LogP contribution is -2.74. The summed E-state index contributed by atoms with van der Waals surface area (Å²) < 4.78 is 0. The third-order valence-electron chi connectivity index (χ3n) is 4.25. The molecule has 3 heterocycles. The summed E-state index contributed by atoms with van der Waals surface area (Å²) in [6.45, 7) is 5.05. The van der Waals surface area contributed by atoms with E-state index in [0.717, 1.165) is 0 Å². The van der Waals surface area contributed by atoms with Crippen molar-refractivity contribution in [3.8, 4) is 0 Å². The Morgan fingerprint density at radius 1 is 1.58 bits per heavy atom. The Labute approximate surface area is 111 Å². The average Bonchev–Trinajstić information content (AvgIpc) is 2.91. The van der Waals surface area contributed by atoms with Crippen LogP contribution in [-0.2, 0) is 4.79 Å². The lowest BCUT2D eigenvalue weighted by Gasteiger charge is -2.47. The molecule has 0 saturated carbocycles. The van der Waals surface area contributed by atoms with Gasteiger partial charge in [0.25, 0.3) is 5.91 Å². The van der Waals surface area contributed by atoms with Gasteiger partial charge in [-0.2, -0.15) is 5.10 Å². The van der Waals surface area contributed by atoms with Gasteiger partial charge in [-0.15, -0.1) is 6.58 Å². The molecule has 0 aromatic carbocycles. The highest BCUT2D eigenvalue weighted by molar-refractivity contribution is 6.05. The summed E-state index contributed by atoms with van der Waals surface area (Å²) in [5, 5.41) is 4.07. The van der Waals surface area contributed by atoms with Crippen molar-refractivity contribution in [2.24, 2.45) is 11.0 Å². The molecule has 3 amide bonds. The molecule has 7 nitrogen and oxygen atoms in total. The number of nitrogens with zero attached hydrogens (tertiary/aromatic N) is 4. The number of nitrogens with one attached hydrogen (secondary N) is 1. The summed E-state index contributed by atoms with van der Waals surface area (Å²) in [5.41, 5.74) is 2.12. The van der Waals surface area contributed by atoms with Gasteiger partial charge in [0.1, 0.15) is 6.17 Å². The molecular formula is C12H17N5O2. The molecule has 0 bridgehead atoms. The van der Waals surface area contributed by atoms with Gasteiger partial charge in [0.2, 0.25) is 0 Å². The van der Waals surface area contributed by atoms with Gasteiger partial charge in [-0.25, -0.2) is 4.79 Å². The van der Waals surface area contributed by atoms with Crippen LogP contribution in [0.1, 0.15) is 0 Å². The first kappa shape index (κ1) is 12.2. The number of carbonyl (C=O) groups is 2. The second-order valence-corrected chi connectivity index (χ2v) is 5.24. The molecule has 1 unspecified atom stereocenters. The molecule has 0 aromatic rings. The first-order chi connectivity index (χ1) is 9.04. The van der Waals surface area contributed by atoms with E-state index >= 15 is 0 Å². The minimum absolute atomic E-state index is 0.0250. The Bertz CT molecular complexity index is 491. The van der Waals surface area contributed by atoms with Crippen molar-refractivity contribution < 1.29 is 9.59 Å². The molecule has 2 saturated heterocycles. The van der Waals surface area contributed by atoms with Gasteiger partial charge in [0.05, 0.1) is 0 Å². The standard InChI is InChI=1S/C12H17N5O2/c1-4-5-17-7-8-6-13-14-12(8)9(17)15(2)11(19)16(3)10(12)18/h4,6,8-9,14H,1,5,7H2,2-3H3/t8-,9-,12?/m1/s1. The summed E-state index contributed by atoms with van der Waals surface area (Å²) >= 11 is 0. The van der Waals surface area contributed by atoms with Crippen LogP contribution >= 0.6 is 0 Å². The highest BCUT2D eigenvalue weighted by atomic mass is 16.2. The van der Waals surface area contributed by atoms with Crippen LogP contribution in [0.5, 0.6) is 0 Å². The van der Waals surface area contributed by atoms with Crippen LogP contribution in [0.15, 0.2) is 17.8 Å². The number of amides is 3. The number of hydrogen-bond donors (Lipinski definition) is 1. The summed E-state index contributed by atoms with van der Waals surface area (Å²) in [6.07, 6.45) is 3.23. The largest absolute Gasteiger partial charge is 0.327 e. The van der Waals surface area contributed by atoms with Crippen LogP contribution < -0.4 is 5.43 Å². The van der Waals surface area contributed by atoms with E-state index in [1.165, 1.54) is 11.9 Å². The first-order valence-corrected chi connectivity index (χ1v) is 6.24. The van der Waals surface area contributed by atoms with Crippen molar-refractivity contribution in [2.75, 3.05) is 27.2 Å². The molecule has 3 aliphatic heterocycles. The molecule has 3 rings (SSSR count). The van der Waals surface area contributed by atoms with Crippen molar-refractivity contribution in [1.29, 1.82) is 0 Å². The molecule has 2 fully saturated rings. The lowest BCUT2D eigenvalue weighted by atomic mass is 9.84. The molecule has 0 radical (unpaired) electrons. The Balaban J connectivity index is 2.08. The fourth-order valence-electron chi connectivity index (χ4n) is 3.43. The van der Waals surface area contributed by atoms with Crippen LogP contribution in [0.3, 0.4) is 0 Å². The number of carbonyl (C=O) groups excluding carboxylic acids is 2. The third kappa shape index (κ3) is 1.28. The van der Waals surface area contributed by atoms with E-state index in [1.807, 2.05) is 0 Å². The zero-order valence-corrected chi connectivity index (χ0v) is 11.0. The molecule has 3 atom stereocenters. The van der Waals surface area contributed by atoms with Crippen molar-refractivity contribution in [3.63, 3.8) is 0 Å². The van der Waals surface area contributed by atoms with E-state index in [9.17, 15) is 9.59 Å². The summed E-state index contributed by atoms with van der Waals surface area (Å²) in [4.78, 5) is 29.6. The molecule has 1 spiro atoms. The van der Waals surface area contributed by atoms with E-state index in [4.69, 9.17) is 0 Å². The predicted octanol–water partition coefficient (Wildman–Crippen LogP) is -0.718. The fourth-order valence-corrected chi connectivity index (χ4v) is 3.43. The van der Waals surface area contributed by atoms with Gasteiger partial charge in [-0.05, 0) is 0 Å². The number of likely N-dealkylation sites (tertiary alicyclic amines) is 1. The Morgan fingerprint density at radius 3 is 3.00 bits per heavy atom. The monoisotopic (exact) mass is 263 g/mol. The number of hydrazone groups is 1. The molecule has 1 N–H and O–H groups in total. The van der Waals surface area contributed by atoms with Gasteiger partial charge in [-0.1, -0.05) is 6.08 Å². The summed E-state index contributed by atoms with van der Waals surface area (Å²) in [6, 6.07) is -0.288. The number of imide groups is 1. The van der Waals surface area contributed by atoms with Crippen LogP contribution in [0, 0.1) is 5.92 Å². The maximum atomic E-state index is 12.6. The molecule has 0 aliphatic carbocycles. The highest BCUT2D eigenvalue weighted by Crippen LogP contribution is 2.41. The third-order valence-corrected chi connectivity index (χ3v) is 4.25. The minimum Gasteiger partial charge on any atom is -0.309 e. The number of urea groups is 1. The van der Waals surface area contributed by atoms with E-state index in [-0.39, 0.29) is 24.0 Å². The zero-order valence-electron chi connectivity index (χ0n) is 11.0. The second-order valence-electron chi connectivity index (χ2n) is 5.24. The first-order valence-electron chi connectivity index (χ1n) is 6.24. The number of likely N-dealkylation sites (N-methyl/N-ethyl adjacent to an activating group) is 2. The van der Waals surface area contributed by atoms with Gasteiger partial charge >= 0.3 is 6.03 Å². The fraction of sp³-hybridized carbons (Fsp3) is 0.583. The van der Waals surface area contributed by atoms with E-state index < -0.39 is 5.54 Å². The van der Waals surface area contributed by atoms with Crippen molar-refractivity contribution in [2.45, 2.75) is 11.7 Å². The van der Waals surface area contributed by atoms with Gasteiger partial charge in [0, 0.05) is 39.3 Å². The average molecular weight is 263 g/mol. The smallest absolute Gasteiger partial charge is 0.309 e. The maximum absolute atomic E-state index is 12.6. The lowest BCUT2D eigenvalue weighted by molar-refractivity contribution is -0.143. The molecule has 19 heavy (non-hydrogen) atoms. The summed E-state index contributed by atoms with van der Waals surface area (Å²) in [7, 11) is 3.23. The quantitative estimate of drug-likeness (QED) is 0.668. The Morgan fingerprint density at radius 2 is 2.32 bits per heavy atom. The molecule has 7 heteroatoms. The highest BCUT2D eigenvalue weighted by Gasteiger charge is 2.66. The molecular weight excluding hydrogens is 246 g/mol. The number of rotatable bonds is 2. The number of hydrogen-bond acceptors (Lipinski definition) is 5. The van der Waals surface area contributed by atoms with Gasteiger partial charge < -0.3 is 4.90 Å². The van der Waals surface area contributed by atoms with Crippen LogP contribution in [0.25, 0.3) is 0 Å². The molecule has 3 aliphatic rings. The topological polar surface area (TPSA) is 68.2 Å². The normalized spacial score (nSPS) is 37.4. The van der Waals surface area contributed by atoms with E-state index in [2.05, 4.69) is 22.0 Å². The van der Waals surface area contributed by atoms with Crippen molar-refractivity contribution in [3.05, 3.63) is 12.7 Å². The molecule has 102 valence electrons. The van der Waals surface area contributed by atoms with Crippen LogP contribution in [-0.4, -0.2) is 71.7 Å². The Hall–Kier alpha value is -1.89. The van der Waals surface area contributed by atoms with Crippen LogP contribution in [0.2, 0.25) is 0 Å².